The summed E-state index contributed by atoms with van der Waals surface area (Å²) in [5.41, 5.74) is 0.628. The maximum Gasteiger partial charge on any atom is 0.368 e. The number of azo groups is 1. The number of benzene rings is 2. The number of aromatic nitrogens is 1. The van der Waals surface area contributed by atoms with E-state index < -0.39 is 5.63 Å². The molecule has 0 aliphatic rings. The number of hydrogen-bond acceptors (Lipinski definition) is 7. The Labute approximate surface area is 166 Å². The van der Waals surface area contributed by atoms with E-state index in [2.05, 4.69) is 15.2 Å². The fraction of sp³-hybridized carbons (Fsp3) is 0. The van der Waals surface area contributed by atoms with Crippen LogP contribution in [0.2, 0.25) is 10.0 Å². The molecule has 0 radical (unpaired) electrons. The van der Waals surface area contributed by atoms with Crippen LogP contribution in [0.1, 0.15) is 0 Å². The number of para-hydroxylation sites is 1. The van der Waals surface area contributed by atoms with E-state index in [0.29, 0.717) is 26.3 Å². The molecule has 6 nitrogen and oxygen atoms in total. The van der Waals surface area contributed by atoms with Crippen LogP contribution in [0.25, 0.3) is 22.2 Å². The zero-order valence-corrected chi connectivity index (χ0v) is 15.7. The third-order valence-corrected chi connectivity index (χ3v) is 5.17. The maximum atomic E-state index is 12.0. The van der Waals surface area contributed by atoms with E-state index in [1.54, 1.807) is 47.8 Å². The first-order valence-electron chi connectivity index (χ1n) is 7.60. The molecular weight excluding hydrogens is 409 g/mol. The molecule has 134 valence electrons. The van der Waals surface area contributed by atoms with Crippen LogP contribution < -0.4 is 5.63 Å². The highest BCUT2D eigenvalue weighted by molar-refractivity contribution is 7.13. The molecule has 0 fully saturated rings. The van der Waals surface area contributed by atoms with Crippen molar-refractivity contribution in [3.63, 3.8) is 0 Å². The Morgan fingerprint density at radius 3 is 2.70 bits per heavy atom. The highest BCUT2D eigenvalue weighted by atomic mass is 35.5. The van der Waals surface area contributed by atoms with Crippen molar-refractivity contribution in [3.05, 3.63) is 68.3 Å². The lowest BCUT2D eigenvalue weighted by molar-refractivity contribution is 0.469. The molecule has 4 aromatic rings. The summed E-state index contributed by atoms with van der Waals surface area (Å²) in [4.78, 5) is 16.4. The summed E-state index contributed by atoms with van der Waals surface area (Å²) < 4.78 is 5.15. The highest BCUT2D eigenvalue weighted by Crippen LogP contribution is 2.34. The average molecular weight is 418 g/mol. The molecule has 2 aromatic heterocycles. The van der Waals surface area contributed by atoms with Gasteiger partial charge in [-0.3, -0.25) is 0 Å². The number of nitrogens with zero attached hydrogens (tertiary/aromatic N) is 3. The van der Waals surface area contributed by atoms with Crippen LogP contribution in [-0.4, -0.2) is 10.1 Å². The van der Waals surface area contributed by atoms with E-state index in [1.807, 2.05) is 0 Å². The van der Waals surface area contributed by atoms with Crippen molar-refractivity contribution in [2.75, 3.05) is 0 Å². The van der Waals surface area contributed by atoms with Crippen molar-refractivity contribution in [2.24, 2.45) is 10.2 Å². The number of fused-ring (bicyclic) bond motifs is 1. The monoisotopic (exact) mass is 417 g/mol. The maximum absolute atomic E-state index is 12.0. The van der Waals surface area contributed by atoms with Gasteiger partial charge in [-0.1, -0.05) is 41.4 Å². The Morgan fingerprint density at radius 1 is 1.07 bits per heavy atom. The molecule has 0 saturated carbocycles. The predicted octanol–water partition coefficient (Wildman–Crippen LogP) is 6.34. The quantitative estimate of drug-likeness (QED) is 0.310. The number of aromatic hydroxyl groups is 1. The van der Waals surface area contributed by atoms with Crippen molar-refractivity contribution in [1.82, 2.24) is 4.98 Å². The Morgan fingerprint density at radius 2 is 1.89 bits per heavy atom. The molecular formula is C18H9Cl2N3O3S. The molecule has 27 heavy (non-hydrogen) atoms. The van der Waals surface area contributed by atoms with E-state index in [0.717, 1.165) is 5.56 Å². The number of rotatable bonds is 3. The lowest BCUT2D eigenvalue weighted by Gasteiger charge is -2.00. The molecule has 1 N–H and O–H groups in total. The molecule has 0 spiro atoms. The largest absolute Gasteiger partial charge is 0.505 e. The summed E-state index contributed by atoms with van der Waals surface area (Å²) in [7, 11) is 0. The summed E-state index contributed by atoms with van der Waals surface area (Å²) in [6.07, 6.45) is 0. The molecule has 0 aliphatic heterocycles. The van der Waals surface area contributed by atoms with Crippen LogP contribution in [0.3, 0.4) is 0 Å². The highest BCUT2D eigenvalue weighted by Gasteiger charge is 2.14. The Bertz CT molecular complexity index is 1250. The van der Waals surface area contributed by atoms with Gasteiger partial charge in [-0.2, -0.15) is 0 Å². The Balaban J connectivity index is 1.68. The second-order valence-corrected chi connectivity index (χ2v) is 7.08. The molecule has 0 aliphatic carbocycles. The van der Waals surface area contributed by atoms with Gasteiger partial charge in [0.2, 0.25) is 10.8 Å². The zero-order valence-electron chi connectivity index (χ0n) is 13.4. The van der Waals surface area contributed by atoms with Crippen LogP contribution in [0.4, 0.5) is 10.8 Å². The van der Waals surface area contributed by atoms with Crippen LogP contribution in [0.15, 0.2) is 67.3 Å². The molecule has 2 heterocycles. The summed E-state index contributed by atoms with van der Waals surface area (Å²) in [5.74, 6) is -0.285. The fourth-order valence-corrected chi connectivity index (χ4v) is 3.35. The molecule has 0 unspecified atom stereocenters. The van der Waals surface area contributed by atoms with Gasteiger partial charge in [0.05, 0.1) is 21.1 Å². The minimum atomic E-state index is -0.781. The lowest BCUT2D eigenvalue weighted by Crippen LogP contribution is -1.98. The SMILES string of the molecule is O=c1oc2ccccc2c(O)c1N=Nc1nc(-c2ccc(Cl)c(Cl)c2)cs1. The van der Waals surface area contributed by atoms with Gasteiger partial charge in [0.1, 0.15) is 5.58 Å². The minimum Gasteiger partial charge on any atom is -0.505 e. The van der Waals surface area contributed by atoms with Crippen LogP contribution in [-0.2, 0) is 0 Å². The summed E-state index contributed by atoms with van der Waals surface area (Å²) >= 11 is 13.2. The minimum absolute atomic E-state index is 0.273. The van der Waals surface area contributed by atoms with E-state index in [4.69, 9.17) is 27.6 Å². The second-order valence-electron chi connectivity index (χ2n) is 5.43. The standard InChI is InChI=1S/C18H9Cl2N3O3S/c19-11-6-5-9(7-12(11)20)13-8-27-18(21-13)23-22-15-16(24)10-3-1-2-4-14(10)26-17(15)25/h1-8,24H. The smallest absolute Gasteiger partial charge is 0.368 e. The van der Waals surface area contributed by atoms with Crippen molar-refractivity contribution >= 4 is 56.3 Å². The van der Waals surface area contributed by atoms with Crippen molar-refractivity contribution in [1.29, 1.82) is 0 Å². The van der Waals surface area contributed by atoms with E-state index in [1.165, 1.54) is 11.3 Å². The van der Waals surface area contributed by atoms with Gasteiger partial charge < -0.3 is 9.52 Å². The molecule has 2 aromatic carbocycles. The summed E-state index contributed by atoms with van der Waals surface area (Å²) in [6.45, 7) is 0. The number of halogens is 2. The summed E-state index contributed by atoms with van der Waals surface area (Å²) in [5, 5.41) is 21.4. The third kappa shape index (κ3) is 3.44. The third-order valence-electron chi connectivity index (χ3n) is 3.71. The number of hydrogen-bond donors (Lipinski definition) is 1. The Kier molecular flexibility index (Phi) is 4.65. The first kappa shape index (κ1) is 17.7. The van der Waals surface area contributed by atoms with E-state index in [-0.39, 0.29) is 17.0 Å². The fourth-order valence-electron chi connectivity index (χ4n) is 2.40. The molecule has 4 rings (SSSR count). The number of thiazole rings is 1. The van der Waals surface area contributed by atoms with Gasteiger partial charge in [-0.15, -0.1) is 21.6 Å². The van der Waals surface area contributed by atoms with Crippen molar-refractivity contribution in [3.8, 4) is 17.0 Å². The summed E-state index contributed by atoms with van der Waals surface area (Å²) in [6, 6.07) is 11.8. The zero-order chi connectivity index (χ0) is 19.0. The molecule has 0 atom stereocenters. The van der Waals surface area contributed by atoms with Crippen LogP contribution in [0.5, 0.6) is 5.75 Å². The van der Waals surface area contributed by atoms with Gasteiger partial charge in [0, 0.05) is 10.9 Å². The first-order valence-corrected chi connectivity index (χ1v) is 9.24. The molecule has 0 bridgehead atoms. The lowest BCUT2D eigenvalue weighted by atomic mass is 10.2. The molecule has 0 amide bonds. The Hall–Kier alpha value is -2.74. The van der Waals surface area contributed by atoms with E-state index in [9.17, 15) is 9.90 Å². The van der Waals surface area contributed by atoms with Gasteiger partial charge in [-0.05, 0) is 24.3 Å². The topological polar surface area (TPSA) is 88.0 Å². The van der Waals surface area contributed by atoms with Gasteiger partial charge in [0.25, 0.3) is 0 Å². The van der Waals surface area contributed by atoms with Crippen LogP contribution in [0, 0.1) is 0 Å². The van der Waals surface area contributed by atoms with Crippen molar-refractivity contribution in [2.45, 2.75) is 0 Å². The van der Waals surface area contributed by atoms with Gasteiger partial charge >= 0.3 is 5.63 Å². The predicted molar refractivity (Wildman–Crippen MR) is 106 cm³/mol. The second kappa shape index (κ2) is 7.11. The van der Waals surface area contributed by atoms with Gasteiger partial charge in [-0.25, -0.2) is 9.78 Å². The molecule has 9 heteroatoms. The average Bonchev–Trinajstić information content (AvgIpc) is 3.13. The van der Waals surface area contributed by atoms with Crippen LogP contribution >= 0.6 is 34.5 Å². The van der Waals surface area contributed by atoms with Crippen molar-refractivity contribution < 1.29 is 9.52 Å². The normalized spacial score (nSPS) is 11.5. The van der Waals surface area contributed by atoms with Gasteiger partial charge in [0.15, 0.2) is 5.75 Å². The first-order chi connectivity index (χ1) is 13.0. The molecule has 0 saturated heterocycles. The van der Waals surface area contributed by atoms with E-state index >= 15 is 0 Å².